The zero-order valence-corrected chi connectivity index (χ0v) is 12.7. The minimum atomic E-state index is -4.27. The Morgan fingerprint density at radius 3 is 2.24 bits per heavy atom. The van der Waals surface area contributed by atoms with Crippen molar-refractivity contribution in [2.45, 2.75) is 45.3 Å². The van der Waals surface area contributed by atoms with Gasteiger partial charge in [-0.05, 0) is 36.9 Å². The van der Waals surface area contributed by atoms with Gasteiger partial charge in [0, 0.05) is 6.04 Å². The second kappa shape index (κ2) is 9.05. The molecule has 0 aliphatic rings. The Labute approximate surface area is 124 Å². The van der Waals surface area contributed by atoms with Crippen molar-refractivity contribution in [1.82, 2.24) is 5.32 Å². The van der Waals surface area contributed by atoms with E-state index >= 15 is 0 Å². The summed E-state index contributed by atoms with van der Waals surface area (Å²) in [6.07, 6.45) is -1.68. The minimum absolute atomic E-state index is 0.0645. The normalized spacial score (nSPS) is 13.4. The summed E-state index contributed by atoms with van der Waals surface area (Å²) >= 11 is 0. The lowest BCUT2D eigenvalue weighted by Gasteiger charge is -2.19. The summed E-state index contributed by atoms with van der Waals surface area (Å²) in [6, 6.07) is 8.08. The molecule has 1 unspecified atom stereocenters. The van der Waals surface area contributed by atoms with Crippen molar-refractivity contribution in [1.29, 1.82) is 0 Å². The molecule has 0 radical (unpaired) electrons. The smallest absolute Gasteiger partial charge is 0.370 e. The van der Waals surface area contributed by atoms with E-state index in [9.17, 15) is 13.2 Å². The third-order valence-electron chi connectivity index (χ3n) is 3.18. The standard InChI is InChI=1S/C16H24F3NO/c1-3-9-20-15(11-21-12-16(17,18)19)10-14-7-5-13(4-2)6-8-14/h5-8,15,20H,3-4,9-12H2,1-2H3. The van der Waals surface area contributed by atoms with Crippen LogP contribution in [0.25, 0.3) is 0 Å². The van der Waals surface area contributed by atoms with E-state index in [1.165, 1.54) is 5.56 Å². The molecule has 0 aliphatic heterocycles. The van der Waals surface area contributed by atoms with Gasteiger partial charge in [-0.2, -0.15) is 13.2 Å². The number of nitrogens with one attached hydrogen (secondary N) is 1. The maximum Gasteiger partial charge on any atom is 0.411 e. The molecule has 1 rings (SSSR count). The largest absolute Gasteiger partial charge is 0.411 e. The molecule has 0 amide bonds. The third kappa shape index (κ3) is 8.07. The van der Waals surface area contributed by atoms with Crippen molar-refractivity contribution in [3.05, 3.63) is 35.4 Å². The average molecular weight is 303 g/mol. The lowest BCUT2D eigenvalue weighted by Crippen LogP contribution is -2.37. The summed E-state index contributed by atoms with van der Waals surface area (Å²) in [5, 5.41) is 3.24. The molecule has 120 valence electrons. The third-order valence-corrected chi connectivity index (χ3v) is 3.18. The van der Waals surface area contributed by atoms with Crippen LogP contribution in [0.1, 0.15) is 31.4 Å². The first-order valence-electron chi connectivity index (χ1n) is 7.40. The van der Waals surface area contributed by atoms with Crippen molar-refractivity contribution in [2.24, 2.45) is 0 Å². The number of hydrogen-bond acceptors (Lipinski definition) is 2. The summed E-state index contributed by atoms with van der Waals surface area (Å²) in [4.78, 5) is 0. The Kier molecular flexibility index (Phi) is 7.75. The van der Waals surface area contributed by atoms with E-state index in [0.29, 0.717) is 6.42 Å². The zero-order valence-electron chi connectivity index (χ0n) is 12.7. The van der Waals surface area contributed by atoms with Crippen LogP contribution >= 0.6 is 0 Å². The SMILES string of the molecule is CCCNC(COCC(F)(F)F)Cc1ccc(CC)cc1. The summed E-state index contributed by atoms with van der Waals surface area (Å²) < 4.78 is 41.2. The van der Waals surface area contributed by atoms with Gasteiger partial charge in [-0.25, -0.2) is 0 Å². The quantitative estimate of drug-likeness (QED) is 0.750. The number of halogens is 3. The van der Waals surface area contributed by atoms with Gasteiger partial charge in [-0.15, -0.1) is 0 Å². The molecule has 0 aromatic heterocycles. The van der Waals surface area contributed by atoms with Crippen LogP contribution in [0.4, 0.5) is 13.2 Å². The number of rotatable bonds is 9. The molecule has 1 atom stereocenters. The van der Waals surface area contributed by atoms with Gasteiger partial charge in [0.05, 0.1) is 6.61 Å². The van der Waals surface area contributed by atoms with E-state index in [1.807, 2.05) is 19.1 Å². The van der Waals surface area contributed by atoms with E-state index in [2.05, 4.69) is 24.4 Å². The van der Waals surface area contributed by atoms with Gasteiger partial charge in [0.1, 0.15) is 6.61 Å². The molecule has 21 heavy (non-hydrogen) atoms. The lowest BCUT2D eigenvalue weighted by atomic mass is 10.0. The van der Waals surface area contributed by atoms with Crippen molar-refractivity contribution >= 4 is 0 Å². The first-order valence-corrected chi connectivity index (χ1v) is 7.40. The first kappa shape index (κ1) is 18.0. The summed E-state index contributed by atoms with van der Waals surface area (Å²) in [5.41, 5.74) is 2.36. The Bertz CT molecular complexity index is 390. The average Bonchev–Trinajstić information content (AvgIpc) is 2.44. The molecule has 0 saturated heterocycles. The van der Waals surface area contributed by atoms with E-state index in [4.69, 9.17) is 4.74 Å². The highest BCUT2D eigenvalue weighted by Crippen LogP contribution is 2.15. The number of ether oxygens (including phenoxy) is 1. The van der Waals surface area contributed by atoms with Crippen LogP contribution in [-0.4, -0.2) is 32.0 Å². The molecular weight excluding hydrogens is 279 g/mol. The molecule has 0 aliphatic carbocycles. The second-order valence-corrected chi connectivity index (χ2v) is 5.16. The number of alkyl halides is 3. The molecule has 0 spiro atoms. The van der Waals surface area contributed by atoms with Gasteiger partial charge in [0.25, 0.3) is 0 Å². The summed E-state index contributed by atoms with van der Waals surface area (Å²) in [6.45, 7) is 3.76. The molecule has 0 heterocycles. The molecule has 1 aromatic carbocycles. The predicted molar refractivity (Wildman–Crippen MR) is 78.5 cm³/mol. The highest BCUT2D eigenvalue weighted by molar-refractivity contribution is 5.23. The van der Waals surface area contributed by atoms with Crippen LogP contribution in [0.2, 0.25) is 0 Å². The maximum atomic E-state index is 12.1. The van der Waals surface area contributed by atoms with Crippen LogP contribution < -0.4 is 5.32 Å². The molecular formula is C16H24F3NO. The molecule has 1 N–H and O–H groups in total. The van der Waals surface area contributed by atoms with E-state index in [-0.39, 0.29) is 12.6 Å². The van der Waals surface area contributed by atoms with E-state index < -0.39 is 12.8 Å². The Morgan fingerprint density at radius 2 is 1.71 bits per heavy atom. The Morgan fingerprint density at radius 1 is 1.10 bits per heavy atom. The fraction of sp³-hybridized carbons (Fsp3) is 0.625. The molecule has 0 bridgehead atoms. The molecule has 5 heteroatoms. The minimum Gasteiger partial charge on any atom is -0.370 e. The Hall–Kier alpha value is -1.07. The number of aryl methyl sites for hydroxylation is 1. The topological polar surface area (TPSA) is 21.3 Å². The summed E-state index contributed by atoms with van der Waals surface area (Å²) in [5.74, 6) is 0. The van der Waals surface area contributed by atoms with Gasteiger partial charge >= 0.3 is 6.18 Å². The van der Waals surface area contributed by atoms with Crippen molar-refractivity contribution < 1.29 is 17.9 Å². The van der Waals surface area contributed by atoms with Crippen molar-refractivity contribution in [3.8, 4) is 0 Å². The predicted octanol–water partition coefficient (Wildman–Crippen LogP) is 3.74. The molecule has 2 nitrogen and oxygen atoms in total. The van der Waals surface area contributed by atoms with Gasteiger partial charge in [-0.3, -0.25) is 0 Å². The highest BCUT2D eigenvalue weighted by Gasteiger charge is 2.27. The Balaban J connectivity index is 2.51. The van der Waals surface area contributed by atoms with Gasteiger partial charge in [0.2, 0.25) is 0 Å². The van der Waals surface area contributed by atoms with Crippen LogP contribution in [-0.2, 0) is 17.6 Å². The van der Waals surface area contributed by atoms with E-state index in [1.54, 1.807) is 0 Å². The van der Waals surface area contributed by atoms with Crippen LogP contribution in [0.5, 0.6) is 0 Å². The van der Waals surface area contributed by atoms with Crippen LogP contribution in [0.3, 0.4) is 0 Å². The highest BCUT2D eigenvalue weighted by atomic mass is 19.4. The second-order valence-electron chi connectivity index (χ2n) is 5.16. The molecule has 0 fully saturated rings. The molecule has 0 saturated carbocycles. The maximum absolute atomic E-state index is 12.1. The zero-order chi connectivity index (χ0) is 15.7. The van der Waals surface area contributed by atoms with Gasteiger partial charge < -0.3 is 10.1 Å². The fourth-order valence-electron chi connectivity index (χ4n) is 2.05. The van der Waals surface area contributed by atoms with E-state index in [0.717, 1.165) is 24.9 Å². The van der Waals surface area contributed by atoms with Gasteiger partial charge in [0.15, 0.2) is 0 Å². The van der Waals surface area contributed by atoms with Crippen LogP contribution in [0.15, 0.2) is 24.3 Å². The number of hydrogen-bond donors (Lipinski definition) is 1. The number of benzene rings is 1. The van der Waals surface area contributed by atoms with Crippen LogP contribution in [0, 0.1) is 0 Å². The summed E-state index contributed by atoms with van der Waals surface area (Å²) in [7, 11) is 0. The fourth-order valence-corrected chi connectivity index (χ4v) is 2.05. The van der Waals surface area contributed by atoms with Crippen molar-refractivity contribution in [2.75, 3.05) is 19.8 Å². The molecule has 1 aromatic rings. The monoisotopic (exact) mass is 303 g/mol. The van der Waals surface area contributed by atoms with Gasteiger partial charge in [-0.1, -0.05) is 38.1 Å². The first-order chi connectivity index (χ1) is 9.94. The lowest BCUT2D eigenvalue weighted by molar-refractivity contribution is -0.175. The van der Waals surface area contributed by atoms with Crippen molar-refractivity contribution in [3.63, 3.8) is 0 Å².